The van der Waals surface area contributed by atoms with Crippen molar-refractivity contribution in [3.63, 3.8) is 0 Å². The van der Waals surface area contributed by atoms with Crippen LogP contribution in [0.15, 0.2) is 42.6 Å². The third kappa shape index (κ3) is 2.36. The molecule has 20 heavy (non-hydrogen) atoms. The zero-order valence-electron chi connectivity index (χ0n) is 11.8. The van der Waals surface area contributed by atoms with Crippen LogP contribution in [0, 0.1) is 17.2 Å². The summed E-state index contributed by atoms with van der Waals surface area (Å²) in [4.78, 5) is 2.26. The molecular formula is C18H20N2. The van der Waals surface area contributed by atoms with E-state index in [1.807, 2.05) is 12.3 Å². The van der Waals surface area contributed by atoms with Gasteiger partial charge in [0.25, 0.3) is 0 Å². The van der Waals surface area contributed by atoms with Crippen molar-refractivity contribution in [3.05, 3.63) is 48.2 Å². The van der Waals surface area contributed by atoms with E-state index in [1.54, 1.807) is 0 Å². The van der Waals surface area contributed by atoms with Crippen molar-refractivity contribution in [1.82, 2.24) is 0 Å². The largest absolute Gasteiger partial charge is 0.346 e. The number of nitrogens with zero attached hydrogens (tertiary/aromatic N) is 2. The van der Waals surface area contributed by atoms with Crippen molar-refractivity contribution in [2.24, 2.45) is 5.92 Å². The summed E-state index contributed by atoms with van der Waals surface area (Å²) < 4.78 is 0. The summed E-state index contributed by atoms with van der Waals surface area (Å²) in [6.45, 7) is 5.09. The standard InChI is InChI=1S/C18H20N2/c1-14-16(11-19)13-20(12-15-7-3-2-4-8-15)18-10-6-5-9-17(14)18/h5-6,9-10,13,15H,1-4,7-8,12H2. The molecule has 1 aliphatic heterocycles. The van der Waals surface area contributed by atoms with E-state index >= 15 is 0 Å². The maximum atomic E-state index is 9.30. The van der Waals surface area contributed by atoms with Crippen LogP contribution in [0.3, 0.4) is 0 Å². The van der Waals surface area contributed by atoms with Crippen molar-refractivity contribution in [2.75, 3.05) is 11.4 Å². The highest BCUT2D eigenvalue weighted by Gasteiger charge is 2.23. The SMILES string of the molecule is C=C1C(C#N)=CN(CC2CCCCC2)c2ccccc21. The van der Waals surface area contributed by atoms with Gasteiger partial charge >= 0.3 is 0 Å². The molecule has 2 aliphatic rings. The lowest BCUT2D eigenvalue weighted by Crippen LogP contribution is -2.29. The van der Waals surface area contributed by atoms with Gasteiger partial charge in [0.15, 0.2) is 0 Å². The van der Waals surface area contributed by atoms with Gasteiger partial charge in [-0.25, -0.2) is 0 Å². The molecule has 1 fully saturated rings. The van der Waals surface area contributed by atoms with Gasteiger partial charge < -0.3 is 4.90 Å². The third-order valence-electron chi connectivity index (χ3n) is 4.45. The molecule has 1 saturated carbocycles. The minimum atomic E-state index is 0.694. The Morgan fingerprint density at radius 3 is 2.70 bits per heavy atom. The number of nitriles is 1. The molecule has 2 heteroatoms. The van der Waals surface area contributed by atoms with Gasteiger partial charge in [0.05, 0.1) is 5.57 Å². The van der Waals surface area contributed by atoms with Crippen LogP contribution in [0.4, 0.5) is 5.69 Å². The molecule has 1 aliphatic carbocycles. The van der Waals surface area contributed by atoms with Crippen LogP contribution in [0.1, 0.15) is 37.7 Å². The van der Waals surface area contributed by atoms with E-state index in [9.17, 15) is 5.26 Å². The number of benzene rings is 1. The second-order valence-electron chi connectivity index (χ2n) is 5.81. The highest BCUT2D eigenvalue weighted by Crippen LogP contribution is 2.37. The molecule has 0 saturated heterocycles. The van der Waals surface area contributed by atoms with Crippen LogP contribution in [0.5, 0.6) is 0 Å². The second kappa shape index (κ2) is 5.54. The lowest BCUT2D eigenvalue weighted by molar-refractivity contribution is 0.364. The Morgan fingerprint density at radius 1 is 1.20 bits per heavy atom. The van der Waals surface area contributed by atoms with Crippen LogP contribution in [0.2, 0.25) is 0 Å². The summed E-state index contributed by atoms with van der Waals surface area (Å²) in [5.41, 5.74) is 3.84. The first-order valence-corrected chi connectivity index (χ1v) is 7.47. The smallest absolute Gasteiger partial charge is 0.101 e. The molecule has 0 atom stereocenters. The number of fused-ring (bicyclic) bond motifs is 1. The third-order valence-corrected chi connectivity index (χ3v) is 4.45. The van der Waals surface area contributed by atoms with E-state index in [-0.39, 0.29) is 0 Å². The predicted molar refractivity (Wildman–Crippen MR) is 83.1 cm³/mol. The summed E-state index contributed by atoms with van der Waals surface area (Å²) >= 11 is 0. The molecule has 0 N–H and O–H groups in total. The quantitative estimate of drug-likeness (QED) is 0.786. The highest BCUT2D eigenvalue weighted by atomic mass is 15.1. The monoisotopic (exact) mass is 264 g/mol. The van der Waals surface area contributed by atoms with Gasteiger partial charge in [-0.1, -0.05) is 44.0 Å². The molecule has 0 spiro atoms. The molecule has 1 aromatic rings. The molecule has 1 aromatic carbocycles. The minimum absolute atomic E-state index is 0.694. The second-order valence-corrected chi connectivity index (χ2v) is 5.81. The fourth-order valence-corrected chi connectivity index (χ4v) is 3.32. The van der Waals surface area contributed by atoms with E-state index in [1.165, 1.54) is 37.8 Å². The van der Waals surface area contributed by atoms with E-state index in [2.05, 4.69) is 35.7 Å². The van der Waals surface area contributed by atoms with Gasteiger partial charge in [0.2, 0.25) is 0 Å². The Bertz CT molecular complexity index is 586. The van der Waals surface area contributed by atoms with E-state index < -0.39 is 0 Å². The van der Waals surface area contributed by atoms with Crippen molar-refractivity contribution in [2.45, 2.75) is 32.1 Å². The maximum Gasteiger partial charge on any atom is 0.101 e. The number of anilines is 1. The molecule has 1 heterocycles. The molecule has 0 bridgehead atoms. The first kappa shape index (κ1) is 13.0. The fourth-order valence-electron chi connectivity index (χ4n) is 3.32. The van der Waals surface area contributed by atoms with Crippen LogP contribution >= 0.6 is 0 Å². The van der Waals surface area contributed by atoms with Crippen molar-refractivity contribution in [1.29, 1.82) is 5.26 Å². The molecule has 0 radical (unpaired) electrons. The van der Waals surface area contributed by atoms with Crippen molar-refractivity contribution in [3.8, 4) is 6.07 Å². The number of hydrogen-bond acceptors (Lipinski definition) is 2. The Kier molecular flexibility index (Phi) is 3.60. The zero-order valence-corrected chi connectivity index (χ0v) is 11.8. The van der Waals surface area contributed by atoms with Gasteiger partial charge in [-0.2, -0.15) is 5.26 Å². The molecule has 0 amide bonds. The van der Waals surface area contributed by atoms with E-state index in [4.69, 9.17) is 0 Å². The number of para-hydroxylation sites is 1. The average Bonchev–Trinajstić information content (AvgIpc) is 2.51. The summed E-state index contributed by atoms with van der Waals surface area (Å²) in [5.74, 6) is 0.749. The van der Waals surface area contributed by atoms with Crippen LogP contribution < -0.4 is 4.90 Å². The maximum absolute atomic E-state index is 9.30. The zero-order chi connectivity index (χ0) is 13.9. The van der Waals surface area contributed by atoms with Crippen molar-refractivity contribution >= 4 is 11.3 Å². The Hall–Kier alpha value is -2.01. The Morgan fingerprint density at radius 2 is 1.95 bits per heavy atom. The number of hydrogen-bond donors (Lipinski definition) is 0. The van der Waals surface area contributed by atoms with Gasteiger partial charge in [0.1, 0.15) is 6.07 Å². The first-order valence-electron chi connectivity index (χ1n) is 7.47. The number of rotatable bonds is 2. The summed E-state index contributed by atoms with van der Waals surface area (Å²) in [6, 6.07) is 10.6. The molecule has 0 unspecified atom stereocenters. The van der Waals surface area contributed by atoms with Gasteiger partial charge in [0, 0.05) is 24.0 Å². The Balaban J connectivity index is 1.90. The summed E-state index contributed by atoms with van der Waals surface area (Å²) in [5, 5.41) is 9.30. The van der Waals surface area contributed by atoms with Crippen LogP contribution in [-0.2, 0) is 0 Å². The summed E-state index contributed by atoms with van der Waals surface area (Å²) in [6.07, 6.45) is 8.69. The average molecular weight is 264 g/mol. The number of allylic oxidation sites excluding steroid dienone is 2. The van der Waals surface area contributed by atoms with Gasteiger partial charge in [-0.05, 0) is 30.4 Å². The molecule has 102 valence electrons. The van der Waals surface area contributed by atoms with E-state index in [0.717, 1.165) is 23.6 Å². The van der Waals surface area contributed by atoms with Gasteiger partial charge in [-0.15, -0.1) is 0 Å². The normalized spacial score (nSPS) is 19.2. The van der Waals surface area contributed by atoms with Crippen LogP contribution in [-0.4, -0.2) is 6.54 Å². The van der Waals surface area contributed by atoms with E-state index in [0.29, 0.717) is 5.57 Å². The lowest BCUT2D eigenvalue weighted by atomic mass is 9.88. The lowest BCUT2D eigenvalue weighted by Gasteiger charge is -2.33. The predicted octanol–water partition coefficient (Wildman–Crippen LogP) is 4.51. The summed E-state index contributed by atoms with van der Waals surface area (Å²) in [7, 11) is 0. The van der Waals surface area contributed by atoms with Gasteiger partial charge in [-0.3, -0.25) is 0 Å². The molecule has 3 rings (SSSR count). The molecule has 0 aromatic heterocycles. The topological polar surface area (TPSA) is 27.0 Å². The van der Waals surface area contributed by atoms with Crippen LogP contribution in [0.25, 0.3) is 5.57 Å². The molecular weight excluding hydrogens is 244 g/mol. The fraction of sp³-hybridized carbons (Fsp3) is 0.389. The Labute approximate surface area is 121 Å². The first-order chi connectivity index (χ1) is 9.79. The highest BCUT2D eigenvalue weighted by molar-refractivity contribution is 5.91. The molecule has 2 nitrogen and oxygen atoms in total. The minimum Gasteiger partial charge on any atom is -0.346 e. The van der Waals surface area contributed by atoms with Crippen molar-refractivity contribution < 1.29 is 0 Å².